The van der Waals surface area contributed by atoms with Crippen LogP contribution in [0.3, 0.4) is 0 Å². The van der Waals surface area contributed by atoms with Crippen LogP contribution in [0.1, 0.15) is 10.4 Å². The van der Waals surface area contributed by atoms with Crippen LogP contribution in [-0.2, 0) is 0 Å². The molecule has 0 unspecified atom stereocenters. The van der Waals surface area contributed by atoms with Crippen LogP contribution in [0.15, 0.2) is 79.3 Å². The van der Waals surface area contributed by atoms with Gasteiger partial charge in [0.05, 0.1) is 0 Å². The van der Waals surface area contributed by atoms with Crippen LogP contribution < -0.4 is 15.4 Å². The number of fused-ring (bicyclic) bond motifs is 1. The van der Waals surface area contributed by atoms with E-state index >= 15 is 0 Å². The Morgan fingerprint density at radius 2 is 1.75 bits per heavy atom. The van der Waals surface area contributed by atoms with Crippen molar-refractivity contribution in [3.05, 3.63) is 90.0 Å². The lowest BCUT2D eigenvalue weighted by atomic mass is 10.0. The fraction of sp³-hybridized carbons (Fsp3) is 0.160. The highest BCUT2D eigenvalue weighted by atomic mass is 16.5. The third kappa shape index (κ3) is 3.80. The summed E-state index contributed by atoms with van der Waals surface area (Å²) in [6.45, 7) is 2.80. The van der Waals surface area contributed by atoms with E-state index in [1.165, 1.54) is 12.4 Å². The highest BCUT2D eigenvalue weighted by molar-refractivity contribution is 5.95. The summed E-state index contributed by atoms with van der Waals surface area (Å²) in [5.74, 6) is 0.553. The van der Waals surface area contributed by atoms with Crippen molar-refractivity contribution in [1.29, 1.82) is 0 Å². The fourth-order valence-corrected chi connectivity index (χ4v) is 4.16. The van der Waals surface area contributed by atoms with E-state index in [0.717, 1.165) is 45.4 Å². The summed E-state index contributed by atoms with van der Waals surface area (Å²) < 4.78 is 0.772. The molecule has 0 spiro atoms. The maximum atomic E-state index is 13.0. The third-order valence-corrected chi connectivity index (χ3v) is 5.95. The summed E-state index contributed by atoms with van der Waals surface area (Å²) in [4.78, 5) is 21.3. The molecule has 1 aliphatic rings. The molecule has 1 saturated heterocycles. The van der Waals surface area contributed by atoms with Gasteiger partial charge in [0.1, 0.15) is 5.82 Å². The molecule has 0 atom stereocenters. The van der Waals surface area contributed by atoms with Crippen molar-refractivity contribution in [3.8, 4) is 11.1 Å². The zero-order chi connectivity index (χ0) is 22.1. The monoisotopic (exact) mass is 425 g/mol. The number of benzene rings is 2. The minimum Gasteiger partial charge on any atom is -0.619 e. The molecule has 32 heavy (non-hydrogen) atoms. The van der Waals surface area contributed by atoms with Crippen LogP contribution in [0.5, 0.6) is 0 Å². The van der Waals surface area contributed by atoms with Gasteiger partial charge in [-0.2, -0.15) is 4.73 Å². The van der Waals surface area contributed by atoms with E-state index in [1.54, 1.807) is 12.3 Å². The number of nitrogens with two attached hydrogens (primary N) is 1. The molecule has 4 aromatic rings. The highest BCUT2D eigenvalue weighted by Crippen LogP contribution is 2.26. The summed E-state index contributed by atoms with van der Waals surface area (Å²) in [7, 11) is 0. The SMILES string of the molecule is Nc1nccc2ccc(N3CCN(C(=O)c4ccc(-c5ccc[n+]([O-])c5)cc4)CC3)cc12. The second kappa shape index (κ2) is 8.19. The van der Waals surface area contributed by atoms with Gasteiger partial charge in [-0.15, -0.1) is 0 Å². The van der Waals surface area contributed by atoms with Gasteiger partial charge in [-0.25, -0.2) is 4.98 Å². The number of pyridine rings is 2. The molecule has 2 aromatic carbocycles. The van der Waals surface area contributed by atoms with Crippen molar-refractivity contribution < 1.29 is 9.52 Å². The quantitative estimate of drug-likeness (QED) is 0.402. The Morgan fingerprint density at radius 1 is 0.969 bits per heavy atom. The summed E-state index contributed by atoms with van der Waals surface area (Å²) in [6.07, 6.45) is 4.69. The zero-order valence-electron chi connectivity index (χ0n) is 17.5. The van der Waals surface area contributed by atoms with E-state index in [2.05, 4.69) is 28.1 Å². The van der Waals surface area contributed by atoms with E-state index in [0.29, 0.717) is 24.5 Å². The van der Waals surface area contributed by atoms with Crippen LogP contribution in [0.4, 0.5) is 11.5 Å². The van der Waals surface area contributed by atoms with Crippen LogP contribution in [-0.4, -0.2) is 42.0 Å². The lowest BCUT2D eigenvalue weighted by Crippen LogP contribution is -2.48. The minimum absolute atomic E-state index is 0.0232. The lowest BCUT2D eigenvalue weighted by molar-refractivity contribution is -0.604. The third-order valence-electron chi connectivity index (χ3n) is 5.95. The molecule has 3 heterocycles. The Kier molecular flexibility index (Phi) is 5.07. The first-order valence-electron chi connectivity index (χ1n) is 10.6. The van der Waals surface area contributed by atoms with Crippen molar-refractivity contribution in [3.63, 3.8) is 0 Å². The summed E-state index contributed by atoms with van der Waals surface area (Å²) in [5.41, 5.74) is 9.50. The number of rotatable bonds is 3. The Morgan fingerprint density at radius 3 is 2.50 bits per heavy atom. The Labute approximate surface area is 185 Å². The highest BCUT2D eigenvalue weighted by Gasteiger charge is 2.22. The maximum absolute atomic E-state index is 13.0. The largest absolute Gasteiger partial charge is 0.619 e. The van der Waals surface area contributed by atoms with Crippen LogP contribution in [0.25, 0.3) is 21.9 Å². The molecule has 0 aliphatic carbocycles. The predicted molar refractivity (Wildman–Crippen MR) is 125 cm³/mol. The topological polar surface area (TPSA) is 89.4 Å². The molecule has 7 nitrogen and oxygen atoms in total. The van der Waals surface area contributed by atoms with E-state index in [-0.39, 0.29) is 5.91 Å². The molecule has 5 rings (SSSR count). The molecule has 1 amide bonds. The van der Waals surface area contributed by atoms with Gasteiger partial charge in [0.2, 0.25) is 0 Å². The number of hydrogen-bond donors (Lipinski definition) is 1. The van der Waals surface area contributed by atoms with Crippen LogP contribution >= 0.6 is 0 Å². The second-order valence-electron chi connectivity index (χ2n) is 7.91. The fourth-order valence-electron chi connectivity index (χ4n) is 4.16. The lowest BCUT2D eigenvalue weighted by Gasteiger charge is -2.36. The number of aromatic nitrogens is 2. The minimum atomic E-state index is 0.0232. The van der Waals surface area contributed by atoms with Crippen molar-refractivity contribution in [2.75, 3.05) is 36.8 Å². The zero-order valence-corrected chi connectivity index (χ0v) is 17.5. The summed E-state index contributed by atoms with van der Waals surface area (Å²) >= 11 is 0. The molecule has 0 saturated carbocycles. The van der Waals surface area contributed by atoms with Gasteiger partial charge in [0, 0.05) is 60.6 Å². The van der Waals surface area contributed by atoms with Gasteiger partial charge in [0.15, 0.2) is 12.4 Å². The number of carbonyl (C=O) groups is 1. The average Bonchev–Trinajstić information content (AvgIpc) is 2.84. The van der Waals surface area contributed by atoms with Crippen molar-refractivity contribution in [2.45, 2.75) is 0 Å². The van der Waals surface area contributed by atoms with Gasteiger partial charge in [-0.3, -0.25) is 4.79 Å². The normalized spacial score (nSPS) is 14.0. The second-order valence-corrected chi connectivity index (χ2v) is 7.91. The first kappa shape index (κ1) is 19.8. The number of carbonyl (C=O) groups excluding carboxylic acids is 1. The van der Waals surface area contributed by atoms with Crippen molar-refractivity contribution >= 4 is 28.2 Å². The molecule has 2 N–H and O–H groups in total. The number of nitrogen functional groups attached to an aromatic ring is 1. The van der Waals surface area contributed by atoms with Crippen molar-refractivity contribution in [2.24, 2.45) is 0 Å². The molecule has 1 aliphatic heterocycles. The first-order chi connectivity index (χ1) is 15.6. The van der Waals surface area contributed by atoms with Gasteiger partial charge >= 0.3 is 0 Å². The number of anilines is 2. The summed E-state index contributed by atoms with van der Waals surface area (Å²) in [6, 6.07) is 19.2. The number of amides is 1. The summed E-state index contributed by atoms with van der Waals surface area (Å²) in [5, 5.41) is 13.5. The van der Waals surface area contributed by atoms with Crippen LogP contribution in [0, 0.1) is 5.21 Å². The van der Waals surface area contributed by atoms with E-state index in [4.69, 9.17) is 5.73 Å². The molecule has 1 fully saturated rings. The molecule has 0 radical (unpaired) electrons. The Bertz CT molecular complexity index is 1280. The predicted octanol–water partition coefficient (Wildman–Crippen LogP) is 3.08. The maximum Gasteiger partial charge on any atom is 0.253 e. The molecule has 160 valence electrons. The van der Waals surface area contributed by atoms with Crippen molar-refractivity contribution in [1.82, 2.24) is 9.88 Å². The average molecular weight is 425 g/mol. The molecular formula is C25H23N5O2. The van der Waals surface area contributed by atoms with Gasteiger partial charge in [-0.1, -0.05) is 18.2 Å². The smallest absolute Gasteiger partial charge is 0.253 e. The number of piperazine rings is 1. The Hall–Kier alpha value is -4.13. The van der Waals surface area contributed by atoms with E-state index in [9.17, 15) is 10.0 Å². The molecule has 0 bridgehead atoms. The molecule has 7 heteroatoms. The van der Waals surface area contributed by atoms with Gasteiger partial charge in [0.25, 0.3) is 5.91 Å². The Balaban J connectivity index is 1.26. The van der Waals surface area contributed by atoms with E-state index < -0.39 is 0 Å². The molecular weight excluding hydrogens is 402 g/mol. The first-order valence-corrected chi connectivity index (χ1v) is 10.6. The van der Waals surface area contributed by atoms with E-state index in [1.807, 2.05) is 41.3 Å². The number of nitrogens with zero attached hydrogens (tertiary/aromatic N) is 4. The van der Waals surface area contributed by atoms with Crippen LogP contribution in [0.2, 0.25) is 0 Å². The number of hydrogen-bond acceptors (Lipinski definition) is 5. The molecule has 2 aromatic heterocycles. The standard InChI is InChI=1S/C25H23N5O2/c26-24-23-16-22(8-7-19(23)9-10-27-24)28-12-14-29(15-13-28)25(31)20-5-3-18(4-6-20)21-2-1-11-30(32)17-21/h1-11,16-17H,12-15H2,(H2,26,27). The van der Waals surface area contributed by atoms with Gasteiger partial charge in [-0.05, 0) is 47.3 Å². The van der Waals surface area contributed by atoms with Gasteiger partial charge < -0.3 is 20.7 Å².